The Labute approximate surface area is 216 Å². The van der Waals surface area contributed by atoms with Crippen molar-refractivity contribution in [1.29, 1.82) is 0 Å². The number of nitrogens with zero attached hydrogens (tertiary/aromatic N) is 1. The molecular formula is C25H35N2O7S2+. The van der Waals surface area contributed by atoms with Gasteiger partial charge in [-0.2, -0.15) is 13.0 Å². The van der Waals surface area contributed by atoms with Gasteiger partial charge >= 0.3 is 0 Å². The minimum absolute atomic E-state index is 0.0424. The largest absolute Gasteiger partial charge is 0.359 e. The Morgan fingerprint density at radius 2 is 1.89 bits per heavy atom. The van der Waals surface area contributed by atoms with E-state index in [2.05, 4.69) is 34.8 Å². The Morgan fingerprint density at radius 1 is 1.14 bits per heavy atom. The molecule has 0 saturated heterocycles. The van der Waals surface area contributed by atoms with Crippen LogP contribution in [0.15, 0.2) is 29.2 Å². The van der Waals surface area contributed by atoms with Crippen LogP contribution >= 0.6 is 12.0 Å². The highest BCUT2D eigenvalue weighted by atomic mass is 32.2. The van der Waals surface area contributed by atoms with Gasteiger partial charge in [0.1, 0.15) is 6.54 Å². The number of carbonyl (C=O) groups excluding carboxylic acids is 1. The van der Waals surface area contributed by atoms with E-state index < -0.39 is 10.1 Å². The lowest BCUT2D eigenvalue weighted by Crippen LogP contribution is -2.31. The van der Waals surface area contributed by atoms with Crippen molar-refractivity contribution in [2.75, 3.05) is 19.3 Å². The fourth-order valence-electron chi connectivity index (χ4n) is 5.18. The minimum atomic E-state index is -4.04. The highest BCUT2D eigenvalue weighted by molar-refractivity contribution is 7.94. The number of carbonyl (C=O) groups is 1. The molecule has 1 heterocycles. The van der Waals surface area contributed by atoms with E-state index in [4.69, 9.17) is 9.59 Å². The van der Waals surface area contributed by atoms with Gasteiger partial charge < -0.3 is 5.32 Å². The van der Waals surface area contributed by atoms with Gasteiger partial charge in [0.05, 0.1) is 23.2 Å². The third-order valence-corrected chi connectivity index (χ3v) is 8.51. The highest BCUT2D eigenvalue weighted by Crippen LogP contribution is 2.48. The van der Waals surface area contributed by atoms with Crippen LogP contribution < -0.4 is 5.32 Å². The predicted molar refractivity (Wildman–Crippen MR) is 140 cm³/mol. The molecule has 0 bridgehead atoms. The van der Waals surface area contributed by atoms with Gasteiger partial charge in [-0.05, 0) is 55.2 Å². The summed E-state index contributed by atoms with van der Waals surface area (Å²) in [6.07, 6.45) is 4.32. The minimum Gasteiger partial charge on any atom is -0.359 e. The lowest BCUT2D eigenvalue weighted by Gasteiger charge is -2.24. The van der Waals surface area contributed by atoms with Gasteiger partial charge in [-0.3, -0.25) is 9.35 Å². The Kier molecular flexibility index (Phi) is 9.53. The van der Waals surface area contributed by atoms with E-state index in [1.807, 2.05) is 25.1 Å². The number of benzene rings is 2. The van der Waals surface area contributed by atoms with E-state index in [1.54, 1.807) is 7.05 Å². The quantitative estimate of drug-likeness (QED) is 0.0817. The van der Waals surface area contributed by atoms with Crippen molar-refractivity contribution in [2.45, 2.75) is 69.6 Å². The van der Waals surface area contributed by atoms with Crippen molar-refractivity contribution < 1.29 is 37.0 Å². The zero-order valence-corrected chi connectivity index (χ0v) is 22.8. The predicted octanol–water partition coefficient (Wildman–Crippen LogP) is 4.93. The molecule has 0 aromatic heterocycles. The fourth-order valence-corrected chi connectivity index (χ4v) is 6.28. The van der Waals surface area contributed by atoms with Crippen LogP contribution in [-0.4, -0.2) is 53.8 Å². The second kappa shape index (κ2) is 12.0. The molecule has 0 radical (unpaired) electrons. The molecule has 2 aromatic carbocycles. The third-order valence-electron chi connectivity index (χ3n) is 7.06. The lowest BCUT2D eigenvalue weighted by molar-refractivity contribution is -0.438. The molecule has 0 saturated carbocycles. The van der Waals surface area contributed by atoms with Crippen LogP contribution in [0.2, 0.25) is 0 Å². The fraction of sp³-hybridized carbons (Fsp3) is 0.520. The summed E-state index contributed by atoms with van der Waals surface area (Å²) in [5, 5.41) is 17.2. The summed E-state index contributed by atoms with van der Waals surface area (Å²) in [5.41, 5.74) is 4.01. The van der Waals surface area contributed by atoms with E-state index in [9.17, 15) is 17.8 Å². The maximum Gasteiger partial charge on any atom is 0.265 e. The Morgan fingerprint density at radius 3 is 2.56 bits per heavy atom. The zero-order valence-electron chi connectivity index (χ0n) is 21.2. The Balaban J connectivity index is 2.02. The van der Waals surface area contributed by atoms with Gasteiger partial charge in [-0.15, -0.1) is 4.33 Å². The average molecular weight is 540 g/mol. The summed E-state index contributed by atoms with van der Waals surface area (Å²) in [6, 6.07) is 8.13. The number of amides is 1. The number of hydrogen-bond donors (Lipinski definition) is 3. The van der Waals surface area contributed by atoms with Gasteiger partial charge in [-0.25, -0.2) is 5.26 Å². The van der Waals surface area contributed by atoms with Crippen molar-refractivity contribution in [3.05, 3.63) is 35.4 Å². The van der Waals surface area contributed by atoms with Gasteiger partial charge in [0.15, 0.2) is 5.71 Å². The number of rotatable bonds is 13. The van der Waals surface area contributed by atoms with Crippen molar-refractivity contribution in [1.82, 2.24) is 5.32 Å². The van der Waals surface area contributed by atoms with Crippen LogP contribution in [0.5, 0.6) is 0 Å². The van der Waals surface area contributed by atoms with Crippen LogP contribution in [0.25, 0.3) is 10.8 Å². The molecule has 3 N–H and O–H groups in total. The second-order valence-electron chi connectivity index (χ2n) is 9.49. The number of hydrogen-bond acceptors (Lipinski definition) is 7. The summed E-state index contributed by atoms with van der Waals surface area (Å²) in [4.78, 5) is 12.4. The van der Waals surface area contributed by atoms with Crippen molar-refractivity contribution in [3.8, 4) is 0 Å². The van der Waals surface area contributed by atoms with Crippen molar-refractivity contribution in [3.63, 3.8) is 0 Å². The molecule has 1 aliphatic rings. The topological polar surface area (TPSA) is 125 Å². The Hall–Kier alpha value is -2.02. The van der Waals surface area contributed by atoms with Gasteiger partial charge in [0.25, 0.3) is 10.1 Å². The standard InChI is InChI=1S/C25H34N2O7S2/c1-17-15-20-19(22(16-17)35-34-33-29)10-11-21-24(20)25(3,12-7-5-6-9-23(28)26-4)18(2)27(21)13-8-14-36(30,31)32/h10-11,15-16H,5-9,12-14H2,1-4H3,(H2-,26,28,29,30,31,32)/p+1. The average Bonchev–Trinajstić information content (AvgIpc) is 3.03. The second-order valence-corrected chi connectivity index (χ2v) is 11.8. The first-order chi connectivity index (χ1) is 17.0. The van der Waals surface area contributed by atoms with Gasteiger partial charge in [-0.1, -0.05) is 23.9 Å². The maximum atomic E-state index is 11.6. The van der Waals surface area contributed by atoms with Gasteiger partial charge in [0, 0.05) is 43.3 Å². The number of aryl methyl sites for hydroxylation is 1. The van der Waals surface area contributed by atoms with Crippen molar-refractivity contribution >= 4 is 50.2 Å². The first-order valence-electron chi connectivity index (χ1n) is 12.0. The molecule has 198 valence electrons. The monoisotopic (exact) mass is 539 g/mol. The normalized spacial score (nSPS) is 17.6. The number of fused-ring (bicyclic) bond motifs is 3. The molecule has 1 aliphatic heterocycles. The molecule has 1 atom stereocenters. The molecule has 3 rings (SSSR count). The Bertz CT molecular complexity index is 1260. The highest BCUT2D eigenvalue weighted by Gasteiger charge is 2.47. The summed E-state index contributed by atoms with van der Waals surface area (Å²) in [5.74, 6) is -0.255. The van der Waals surface area contributed by atoms with Crippen LogP contribution in [0.1, 0.15) is 63.5 Å². The van der Waals surface area contributed by atoms with E-state index >= 15 is 0 Å². The molecule has 11 heteroatoms. The van der Waals surface area contributed by atoms with E-state index in [0.717, 1.165) is 75.9 Å². The molecule has 36 heavy (non-hydrogen) atoms. The van der Waals surface area contributed by atoms with Crippen molar-refractivity contribution in [2.24, 2.45) is 0 Å². The molecule has 9 nitrogen and oxygen atoms in total. The van der Waals surface area contributed by atoms with Gasteiger partial charge in [0.2, 0.25) is 11.6 Å². The maximum absolute atomic E-state index is 11.6. The lowest BCUT2D eigenvalue weighted by atomic mass is 9.74. The molecule has 1 amide bonds. The van der Waals surface area contributed by atoms with Crippen LogP contribution in [0, 0.1) is 6.92 Å². The summed E-state index contributed by atoms with van der Waals surface area (Å²) >= 11 is 0.932. The first-order valence-corrected chi connectivity index (χ1v) is 14.4. The third kappa shape index (κ3) is 6.45. The van der Waals surface area contributed by atoms with E-state index in [1.165, 1.54) is 0 Å². The summed E-state index contributed by atoms with van der Waals surface area (Å²) < 4.78 is 38.8. The first kappa shape index (κ1) is 28.5. The van der Waals surface area contributed by atoms with Crippen LogP contribution in [0.3, 0.4) is 0 Å². The zero-order chi connectivity index (χ0) is 26.5. The van der Waals surface area contributed by atoms with Crippen LogP contribution in [-0.2, 0) is 29.7 Å². The molecule has 0 spiro atoms. The SMILES string of the molecule is CNC(=O)CCCCCC1(C)C(C)=[N+](CCCS(=O)(=O)O)c2ccc3c(SOOO)cc(C)cc3c21. The smallest absolute Gasteiger partial charge is 0.265 e. The number of nitrogens with one attached hydrogen (secondary N) is 1. The number of unbranched alkanes of at least 4 members (excludes halogenated alkanes) is 2. The van der Waals surface area contributed by atoms with Crippen LogP contribution in [0.4, 0.5) is 5.69 Å². The molecule has 0 fully saturated rings. The van der Waals surface area contributed by atoms with E-state index in [-0.39, 0.29) is 17.1 Å². The molecular weight excluding hydrogens is 504 g/mol. The summed E-state index contributed by atoms with van der Waals surface area (Å²) in [6.45, 7) is 6.75. The summed E-state index contributed by atoms with van der Waals surface area (Å²) in [7, 11) is -2.40. The molecule has 0 aliphatic carbocycles. The van der Waals surface area contributed by atoms with E-state index in [0.29, 0.717) is 19.4 Å². The molecule has 1 unspecified atom stereocenters. The molecule has 2 aromatic rings.